The van der Waals surface area contributed by atoms with Crippen LogP contribution in [-0.4, -0.2) is 98.1 Å². The van der Waals surface area contributed by atoms with Crippen molar-refractivity contribution in [1.82, 2.24) is 40.4 Å². The van der Waals surface area contributed by atoms with Crippen molar-refractivity contribution in [2.75, 3.05) is 20.8 Å². The van der Waals surface area contributed by atoms with Gasteiger partial charge in [-0.2, -0.15) is 8.78 Å². The van der Waals surface area contributed by atoms with Gasteiger partial charge in [-0.05, 0) is 108 Å². The summed E-state index contributed by atoms with van der Waals surface area (Å²) in [5.74, 6) is -2.13. The van der Waals surface area contributed by atoms with E-state index in [1.165, 1.54) is 20.3 Å². The Kier molecular flexibility index (Phi) is 10.6. The molecule has 3 aromatic carbocycles. The number of halogens is 2. The minimum atomic E-state index is -3.28. The van der Waals surface area contributed by atoms with Crippen LogP contribution in [0.4, 0.5) is 18.4 Å². The number of alkyl halides is 2. The van der Waals surface area contributed by atoms with E-state index in [4.69, 9.17) is 19.4 Å². The fraction of sp³-hybridized carbons (Fsp3) is 0.490. The number of H-pyrrole nitrogens is 2. The Morgan fingerprint density at radius 3 is 2.18 bits per heavy atom. The molecule has 65 heavy (non-hydrogen) atoms. The van der Waals surface area contributed by atoms with Crippen LogP contribution in [0.3, 0.4) is 0 Å². The molecule has 2 bridgehead atoms. The van der Waals surface area contributed by atoms with Crippen molar-refractivity contribution >= 4 is 29.1 Å². The first-order valence-corrected chi connectivity index (χ1v) is 22.8. The fourth-order valence-corrected chi connectivity index (χ4v) is 11.3. The highest BCUT2D eigenvalue weighted by atomic mass is 19.3. The number of benzene rings is 3. The summed E-state index contributed by atoms with van der Waals surface area (Å²) in [6.45, 7) is 8.21. The van der Waals surface area contributed by atoms with Crippen LogP contribution in [0.1, 0.15) is 101 Å². The topological polar surface area (TPSA) is 178 Å². The molecule has 1 spiro atoms. The summed E-state index contributed by atoms with van der Waals surface area (Å²) in [4.78, 5) is 58.9. The van der Waals surface area contributed by atoms with Crippen LogP contribution in [0.25, 0.3) is 44.5 Å². The van der Waals surface area contributed by atoms with E-state index in [0.717, 1.165) is 60.9 Å². The van der Waals surface area contributed by atoms with Crippen LogP contribution >= 0.6 is 0 Å². The molecule has 7 atom stereocenters. The number of amides is 3. The van der Waals surface area contributed by atoms with Crippen LogP contribution in [0, 0.1) is 23.2 Å². The number of aromatic nitrogens is 4. The summed E-state index contributed by atoms with van der Waals surface area (Å²) < 4.78 is 43.0. The molecular formula is C49H56F2N8O6. The Morgan fingerprint density at radius 2 is 1.51 bits per heavy atom. The van der Waals surface area contributed by atoms with Gasteiger partial charge in [0, 0.05) is 29.3 Å². The minimum Gasteiger partial charge on any atom is -0.453 e. The van der Waals surface area contributed by atoms with Gasteiger partial charge in [-0.3, -0.25) is 9.69 Å². The smallest absolute Gasteiger partial charge is 0.407 e. The van der Waals surface area contributed by atoms with Gasteiger partial charge >= 0.3 is 12.2 Å². The van der Waals surface area contributed by atoms with Crippen molar-refractivity contribution in [3.63, 3.8) is 0 Å². The highest BCUT2D eigenvalue weighted by molar-refractivity contribution is 5.88. The van der Waals surface area contributed by atoms with Gasteiger partial charge in [0.2, 0.25) is 5.91 Å². The Hall–Kier alpha value is -5.87. The number of rotatable bonds is 11. The third-order valence-electron chi connectivity index (χ3n) is 14.9. The third-order valence-corrected chi connectivity index (χ3v) is 14.9. The third kappa shape index (κ3) is 7.32. The molecular weight excluding hydrogens is 835 g/mol. The standard InChI is InChI=1S/C49H56F2N8O6/c1-24(2)39(56-46(62)64-5)44(60)58-23-48(15-16-48)21-38(58)42-52-22-37(55-42)28-9-13-32-31-12-8-26(18-33(31)49(50,51)34(32)19-28)27-10-14-35-36(20-27)54-43(53-35)41-29-7-11-30(17-29)59(41)45(61)40(25(3)4)57-47(63)65-6/h8-10,12-14,18-20,22,24-25,29-30,38-41,45,61H,7,11,15-17,21,23H2,1-6H3,(H,52,55)(H,53,54)(H,56,62)(H,57,63)/t29-,30+,38-,39-,40-,41-,45?/m0/s1. The number of alkyl carbamates (subject to hydrolysis) is 2. The summed E-state index contributed by atoms with van der Waals surface area (Å²) in [5, 5.41) is 17.3. The largest absolute Gasteiger partial charge is 0.453 e. The number of aliphatic hydroxyl groups excluding tert-OH is 1. The monoisotopic (exact) mass is 890 g/mol. The van der Waals surface area contributed by atoms with Crippen molar-refractivity contribution in [3.05, 3.63) is 83.6 Å². The average molecular weight is 891 g/mol. The molecule has 2 saturated carbocycles. The normalized spacial score (nSPS) is 23.8. The van der Waals surface area contributed by atoms with Crippen molar-refractivity contribution < 1.29 is 37.7 Å². The number of carbonyl (C=O) groups excluding carboxylic acids is 3. The number of nitrogens with zero attached hydrogens (tertiary/aromatic N) is 4. The summed E-state index contributed by atoms with van der Waals surface area (Å²) in [6, 6.07) is 14.3. The number of imidazole rings is 2. The van der Waals surface area contributed by atoms with Crippen LogP contribution < -0.4 is 10.6 Å². The van der Waals surface area contributed by atoms with Gasteiger partial charge in [-0.25, -0.2) is 19.6 Å². The molecule has 342 valence electrons. The predicted molar refractivity (Wildman–Crippen MR) is 238 cm³/mol. The molecule has 5 aliphatic rings. The van der Waals surface area contributed by atoms with Crippen LogP contribution in [0.15, 0.2) is 60.8 Å². The molecule has 4 heterocycles. The molecule has 3 aliphatic carbocycles. The number of ether oxygens (including phenoxy) is 2. The number of hydrogen-bond donors (Lipinski definition) is 5. The second kappa shape index (κ2) is 15.9. The Balaban J connectivity index is 0.895. The quantitative estimate of drug-likeness (QED) is 0.0872. The molecule has 0 radical (unpaired) electrons. The summed E-state index contributed by atoms with van der Waals surface area (Å²) in [6.07, 6.45) is 5.03. The van der Waals surface area contributed by atoms with Crippen LogP contribution in [0.5, 0.6) is 0 Å². The maximum Gasteiger partial charge on any atom is 0.407 e. The van der Waals surface area contributed by atoms with Gasteiger partial charge in [-0.15, -0.1) is 0 Å². The number of piperidine rings is 1. The molecule has 16 heteroatoms. The van der Waals surface area contributed by atoms with Crippen molar-refractivity contribution in [2.45, 2.75) is 109 Å². The molecule has 5 aromatic rings. The highest BCUT2D eigenvalue weighted by Gasteiger charge is 2.56. The zero-order valence-electron chi connectivity index (χ0n) is 37.5. The van der Waals surface area contributed by atoms with Crippen molar-refractivity contribution in [2.24, 2.45) is 23.2 Å². The van der Waals surface area contributed by atoms with E-state index in [0.29, 0.717) is 40.3 Å². The molecule has 1 unspecified atom stereocenters. The number of carbonyl (C=O) groups is 3. The van der Waals surface area contributed by atoms with E-state index in [2.05, 4.69) is 25.5 Å². The lowest BCUT2D eigenvalue weighted by atomic mass is 9.95. The molecule has 14 nitrogen and oxygen atoms in total. The van der Waals surface area contributed by atoms with Gasteiger partial charge < -0.3 is 40.1 Å². The number of fused-ring (bicyclic) bond motifs is 6. The van der Waals surface area contributed by atoms with Gasteiger partial charge in [-0.1, -0.05) is 58.0 Å². The zero-order valence-corrected chi connectivity index (χ0v) is 37.5. The minimum absolute atomic E-state index is 0.0130. The fourth-order valence-electron chi connectivity index (χ4n) is 11.3. The molecule has 2 aromatic heterocycles. The van der Waals surface area contributed by atoms with Gasteiger partial charge in [0.25, 0.3) is 5.92 Å². The number of hydrogen-bond acceptors (Lipinski definition) is 9. The number of methoxy groups -OCH3 is 2. The second-order valence-corrected chi connectivity index (χ2v) is 19.6. The SMILES string of the molecule is COC(=O)N[C@@H](C(C)C)C(O)N1[C@@H]2CC[C@@H](C2)[C@H]1c1nc2ccc(-c3ccc4c(c3)C(F)(F)c3cc(-c5cnc([C@@H]6CC7(CC7)CN6C(=O)[C@@H](NC(=O)OC)C(C)C)[nH]5)ccc3-4)cc2[nH]1. The molecule has 5 N–H and O–H groups in total. The Labute approximate surface area is 375 Å². The maximum atomic E-state index is 16.7. The highest BCUT2D eigenvalue weighted by Crippen LogP contribution is 2.59. The second-order valence-electron chi connectivity index (χ2n) is 19.6. The number of nitrogens with one attached hydrogen (secondary N) is 4. The van der Waals surface area contributed by atoms with Crippen molar-refractivity contribution in [1.29, 1.82) is 0 Å². The van der Waals surface area contributed by atoms with Crippen molar-refractivity contribution in [3.8, 4) is 33.5 Å². The summed E-state index contributed by atoms with van der Waals surface area (Å²) in [5.41, 5.74) is 4.82. The van der Waals surface area contributed by atoms with Gasteiger partial charge in [0.1, 0.15) is 23.9 Å². The molecule has 3 amide bonds. The Morgan fingerprint density at radius 1 is 0.846 bits per heavy atom. The zero-order chi connectivity index (χ0) is 45.7. The maximum absolute atomic E-state index is 16.7. The Bertz CT molecular complexity index is 2690. The molecule has 2 aliphatic heterocycles. The van der Waals surface area contributed by atoms with Crippen LogP contribution in [-0.2, 0) is 20.2 Å². The van der Waals surface area contributed by atoms with E-state index in [1.807, 2.05) is 58.0 Å². The molecule has 2 saturated heterocycles. The molecule has 10 rings (SSSR count). The van der Waals surface area contributed by atoms with E-state index >= 15 is 8.78 Å². The number of aromatic amines is 2. The van der Waals surface area contributed by atoms with Crippen LogP contribution in [0.2, 0.25) is 0 Å². The first-order valence-electron chi connectivity index (χ1n) is 22.8. The lowest BCUT2D eigenvalue weighted by Gasteiger charge is -2.41. The van der Waals surface area contributed by atoms with E-state index in [1.54, 1.807) is 29.3 Å². The lowest BCUT2D eigenvalue weighted by Crippen LogP contribution is -2.56. The van der Waals surface area contributed by atoms with Gasteiger partial charge in [0.05, 0.1) is 55.3 Å². The average Bonchev–Trinajstić information content (AvgIpc) is 3.95. The van der Waals surface area contributed by atoms with Gasteiger partial charge in [0.15, 0.2) is 0 Å². The number of likely N-dealkylation sites (tertiary alicyclic amines) is 2. The molecule has 4 fully saturated rings. The lowest BCUT2D eigenvalue weighted by molar-refractivity contribution is -0.135. The summed E-state index contributed by atoms with van der Waals surface area (Å²) >= 11 is 0. The van der Waals surface area contributed by atoms with E-state index < -0.39 is 36.4 Å². The first kappa shape index (κ1) is 43.0. The van der Waals surface area contributed by atoms with E-state index in [9.17, 15) is 19.5 Å². The summed E-state index contributed by atoms with van der Waals surface area (Å²) in [7, 11) is 2.57. The van der Waals surface area contributed by atoms with E-state index in [-0.39, 0.29) is 58.3 Å². The predicted octanol–water partition coefficient (Wildman–Crippen LogP) is 8.40. The first-order chi connectivity index (χ1) is 31.1. The number of aliphatic hydroxyl groups is 1.